The van der Waals surface area contributed by atoms with Gasteiger partial charge in [-0.25, -0.2) is 15.8 Å². The van der Waals surface area contributed by atoms with Crippen molar-refractivity contribution < 1.29 is 4.92 Å². The molecule has 2 aromatic rings. The van der Waals surface area contributed by atoms with Gasteiger partial charge < -0.3 is 10.3 Å². The molecule has 0 atom stereocenters. The molecule has 3 N–H and O–H groups in total. The van der Waals surface area contributed by atoms with E-state index in [2.05, 4.69) is 20.4 Å². The molecule has 0 saturated carbocycles. The number of hydrogen-bond donors (Lipinski definition) is 2. The lowest BCUT2D eigenvalue weighted by Crippen LogP contribution is -2.25. The van der Waals surface area contributed by atoms with Crippen molar-refractivity contribution in [1.82, 2.24) is 15.0 Å². The number of aromatic nitrogens is 3. The summed E-state index contributed by atoms with van der Waals surface area (Å²) >= 11 is 0. The van der Waals surface area contributed by atoms with E-state index in [1.807, 2.05) is 19.1 Å². The molecule has 0 aromatic carbocycles. The first-order chi connectivity index (χ1) is 10.2. The van der Waals surface area contributed by atoms with Crippen molar-refractivity contribution in [2.45, 2.75) is 13.5 Å². The smallest absolute Gasteiger partial charge is 0.347 e. The SMILES string of the molecule is CCN(Cc1ccncc1)c1ncnc(NN)c1[N+](=O)[O-]. The van der Waals surface area contributed by atoms with Gasteiger partial charge in [0.05, 0.1) is 4.92 Å². The molecule has 0 spiro atoms. The number of nitrogens with zero attached hydrogens (tertiary/aromatic N) is 5. The number of nitrogens with two attached hydrogens (primary N) is 1. The maximum absolute atomic E-state index is 11.3. The second-order valence-corrected chi connectivity index (χ2v) is 4.17. The van der Waals surface area contributed by atoms with E-state index in [0.717, 1.165) is 5.56 Å². The van der Waals surface area contributed by atoms with Gasteiger partial charge in [-0.15, -0.1) is 0 Å². The number of nitrogens with one attached hydrogen (secondary N) is 1. The molecule has 9 nitrogen and oxygen atoms in total. The summed E-state index contributed by atoms with van der Waals surface area (Å²) in [5.41, 5.74) is 2.96. The van der Waals surface area contributed by atoms with Gasteiger partial charge in [0.1, 0.15) is 6.33 Å². The monoisotopic (exact) mass is 289 g/mol. The van der Waals surface area contributed by atoms with Crippen molar-refractivity contribution in [3.8, 4) is 0 Å². The Bertz CT molecular complexity index is 620. The van der Waals surface area contributed by atoms with E-state index in [-0.39, 0.29) is 17.3 Å². The predicted molar refractivity (Wildman–Crippen MR) is 77.5 cm³/mol. The van der Waals surface area contributed by atoms with Crippen molar-refractivity contribution in [3.63, 3.8) is 0 Å². The van der Waals surface area contributed by atoms with Crippen LogP contribution < -0.4 is 16.2 Å². The highest BCUT2D eigenvalue weighted by Crippen LogP contribution is 2.31. The Balaban J connectivity index is 2.40. The van der Waals surface area contributed by atoms with Crippen molar-refractivity contribution in [3.05, 3.63) is 46.5 Å². The third-order valence-electron chi connectivity index (χ3n) is 2.93. The summed E-state index contributed by atoms with van der Waals surface area (Å²) < 4.78 is 0. The van der Waals surface area contributed by atoms with E-state index in [1.165, 1.54) is 6.33 Å². The lowest BCUT2D eigenvalue weighted by molar-refractivity contribution is -0.383. The average molecular weight is 289 g/mol. The fourth-order valence-corrected chi connectivity index (χ4v) is 1.92. The average Bonchev–Trinajstić information content (AvgIpc) is 2.52. The summed E-state index contributed by atoms with van der Waals surface area (Å²) in [6, 6.07) is 3.69. The molecule has 2 heterocycles. The van der Waals surface area contributed by atoms with Crippen LogP contribution in [-0.2, 0) is 6.54 Å². The van der Waals surface area contributed by atoms with Gasteiger partial charge in [0, 0.05) is 25.5 Å². The Morgan fingerprint density at radius 1 is 1.38 bits per heavy atom. The van der Waals surface area contributed by atoms with Crippen molar-refractivity contribution in [2.75, 3.05) is 16.9 Å². The standard InChI is InChI=1S/C12H15N7O2/c1-2-18(7-9-3-5-14-6-4-9)12-10(19(20)21)11(17-13)15-8-16-12/h3-6,8H,2,7,13H2,1H3,(H,15,16,17). The molecular formula is C12H15N7O2. The van der Waals surface area contributed by atoms with Gasteiger partial charge in [-0.2, -0.15) is 0 Å². The van der Waals surface area contributed by atoms with Crippen LogP contribution in [0.5, 0.6) is 0 Å². The zero-order valence-corrected chi connectivity index (χ0v) is 11.4. The molecule has 2 rings (SSSR count). The highest BCUT2D eigenvalue weighted by atomic mass is 16.6. The van der Waals surface area contributed by atoms with Gasteiger partial charge in [-0.3, -0.25) is 15.1 Å². The second-order valence-electron chi connectivity index (χ2n) is 4.17. The molecule has 2 aromatic heterocycles. The lowest BCUT2D eigenvalue weighted by atomic mass is 10.2. The topological polar surface area (TPSA) is 123 Å². The Kier molecular flexibility index (Phi) is 4.57. The first-order valence-corrected chi connectivity index (χ1v) is 6.27. The van der Waals surface area contributed by atoms with Gasteiger partial charge >= 0.3 is 5.69 Å². The molecule has 0 saturated heterocycles. The predicted octanol–water partition coefficient (Wildman–Crippen LogP) is 1.09. The van der Waals surface area contributed by atoms with E-state index < -0.39 is 4.92 Å². The molecule has 0 amide bonds. The molecule has 0 fully saturated rings. The molecule has 0 aliphatic heterocycles. The number of hydrogen-bond acceptors (Lipinski definition) is 8. The molecule has 0 aliphatic rings. The molecule has 9 heteroatoms. The summed E-state index contributed by atoms with van der Waals surface area (Å²) in [6.07, 6.45) is 4.58. The lowest BCUT2D eigenvalue weighted by Gasteiger charge is -2.21. The molecule has 21 heavy (non-hydrogen) atoms. The zero-order chi connectivity index (χ0) is 15.2. The number of nitro groups is 1. The van der Waals surface area contributed by atoms with E-state index >= 15 is 0 Å². The number of nitrogen functional groups attached to an aromatic ring is 1. The van der Waals surface area contributed by atoms with Crippen molar-refractivity contribution in [2.24, 2.45) is 5.84 Å². The fraction of sp³-hybridized carbons (Fsp3) is 0.250. The number of pyridine rings is 1. The van der Waals surface area contributed by atoms with Crippen LogP contribution in [0.2, 0.25) is 0 Å². The minimum atomic E-state index is -0.542. The third-order valence-corrected chi connectivity index (χ3v) is 2.93. The maximum atomic E-state index is 11.3. The maximum Gasteiger partial charge on any atom is 0.354 e. The van der Waals surface area contributed by atoms with E-state index in [1.54, 1.807) is 17.3 Å². The Morgan fingerprint density at radius 2 is 2.10 bits per heavy atom. The molecular weight excluding hydrogens is 274 g/mol. The van der Waals surface area contributed by atoms with E-state index in [9.17, 15) is 10.1 Å². The Hall–Kier alpha value is -2.81. The molecule has 0 aliphatic carbocycles. The van der Waals surface area contributed by atoms with Crippen LogP contribution in [0.15, 0.2) is 30.9 Å². The Labute approximate surface area is 121 Å². The second kappa shape index (κ2) is 6.57. The minimum absolute atomic E-state index is 0.0156. The van der Waals surface area contributed by atoms with Crippen LogP contribution in [0.4, 0.5) is 17.3 Å². The van der Waals surface area contributed by atoms with Gasteiger partial charge in [0.2, 0.25) is 11.6 Å². The zero-order valence-electron chi connectivity index (χ0n) is 11.4. The van der Waals surface area contributed by atoms with Crippen molar-refractivity contribution >= 4 is 17.3 Å². The van der Waals surface area contributed by atoms with Gasteiger partial charge in [-0.1, -0.05) is 0 Å². The fourth-order valence-electron chi connectivity index (χ4n) is 1.92. The molecule has 0 unspecified atom stereocenters. The highest BCUT2D eigenvalue weighted by molar-refractivity contribution is 5.69. The van der Waals surface area contributed by atoms with Crippen LogP contribution in [0.25, 0.3) is 0 Å². The third kappa shape index (κ3) is 3.20. The molecule has 0 radical (unpaired) electrons. The number of hydrazine groups is 1. The van der Waals surface area contributed by atoms with Crippen LogP contribution >= 0.6 is 0 Å². The first kappa shape index (κ1) is 14.6. The summed E-state index contributed by atoms with van der Waals surface area (Å²) in [7, 11) is 0. The van der Waals surface area contributed by atoms with Crippen LogP contribution in [0, 0.1) is 10.1 Å². The number of anilines is 2. The van der Waals surface area contributed by atoms with E-state index in [0.29, 0.717) is 13.1 Å². The van der Waals surface area contributed by atoms with Gasteiger partial charge in [0.25, 0.3) is 0 Å². The quantitative estimate of drug-likeness (QED) is 0.460. The summed E-state index contributed by atoms with van der Waals surface area (Å²) in [4.78, 5) is 24.3. The van der Waals surface area contributed by atoms with Crippen LogP contribution in [0.1, 0.15) is 12.5 Å². The van der Waals surface area contributed by atoms with Crippen molar-refractivity contribution in [1.29, 1.82) is 0 Å². The molecule has 0 bridgehead atoms. The summed E-state index contributed by atoms with van der Waals surface area (Å²) in [5, 5.41) is 11.3. The van der Waals surface area contributed by atoms with E-state index in [4.69, 9.17) is 5.84 Å². The summed E-state index contributed by atoms with van der Waals surface area (Å²) in [5.74, 6) is 5.49. The highest BCUT2D eigenvalue weighted by Gasteiger charge is 2.26. The Morgan fingerprint density at radius 3 is 2.67 bits per heavy atom. The van der Waals surface area contributed by atoms with Crippen LogP contribution in [-0.4, -0.2) is 26.4 Å². The first-order valence-electron chi connectivity index (χ1n) is 6.27. The number of rotatable bonds is 6. The molecule has 110 valence electrons. The normalized spacial score (nSPS) is 10.2. The summed E-state index contributed by atoms with van der Waals surface area (Å²) in [6.45, 7) is 2.91. The van der Waals surface area contributed by atoms with Crippen LogP contribution in [0.3, 0.4) is 0 Å². The van der Waals surface area contributed by atoms with Gasteiger partial charge in [0.15, 0.2) is 0 Å². The largest absolute Gasteiger partial charge is 0.354 e. The minimum Gasteiger partial charge on any atom is -0.347 e. The van der Waals surface area contributed by atoms with Gasteiger partial charge in [-0.05, 0) is 24.6 Å².